The van der Waals surface area contributed by atoms with Gasteiger partial charge in [-0.2, -0.15) is 0 Å². The number of carbonyl (C=O) groups excluding carboxylic acids is 1. The van der Waals surface area contributed by atoms with E-state index in [2.05, 4.69) is 10.3 Å². The van der Waals surface area contributed by atoms with E-state index in [1.165, 1.54) is 0 Å². The van der Waals surface area contributed by atoms with Gasteiger partial charge in [0.05, 0.1) is 21.7 Å². The normalized spacial score (nSPS) is 21.4. The van der Waals surface area contributed by atoms with Crippen LogP contribution in [0, 0.1) is 12.8 Å². The van der Waals surface area contributed by atoms with Crippen LogP contribution in [0.5, 0.6) is 0 Å². The van der Waals surface area contributed by atoms with Gasteiger partial charge in [-0.25, -0.2) is 15.0 Å². The van der Waals surface area contributed by atoms with Gasteiger partial charge >= 0.3 is 0 Å². The summed E-state index contributed by atoms with van der Waals surface area (Å²) in [6.45, 7) is 3.42. The van der Waals surface area contributed by atoms with Gasteiger partial charge in [0.15, 0.2) is 0 Å². The van der Waals surface area contributed by atoms with Gasteiger partial charge in [-0.1, -0.05) is 6.07 Å². The highest BCUT2D eigenvalue weighted by atomic mass is 32.1. The SMILES string of the molecule is Cc1ccnc(Nc2cccc(-c3cnc(C4CCC(C(=O)N5CCC(O)CC5)CC4)s3)n2)c1. The molecule has 0 aromatic carbocycles. The summed E-state index contributed by atoms with van der Waals surface area (Å²) in [5.74, 6) is 2.34. The standard InChI is InChI=1S/C26H31N5O2S/c1-17-9-12-27-24(15-17)30-23-4-2-3-21(29-23)22-16-28-25(34-22)18-5-7-19(8-6-18)26(33)31-13-10-20(32)11-14-31/h2-4,9,12,15-16,18-20,32H,5-8,10-11,13-14H2,1H3,(H,27,29,30). The van der Waals surface area contributed by atoms with Crippen molar-refractivity contribution in [1.82, 2.24) is 19.9 Å². The predicted molar refractivity (Wildman–Crippen MR) is 134 cm³/mol. The van der Waals surface area contributed by atoms with E-state index in [1.54, 1.807) is 17.5 Å². The third-order valence-corrected chi connectivity index (χ3v) is 8.08. The molecule has 34 heavy (non-hydrogen) atoms. The maximum atomic E-state index is 12.9. The smallest absolute Gasteiger partial charge is 0.225 e. The maximum Gasteiger partial charge on any atom is 0.225 e. The first kappa shape index (κ1) is 22.9. The van der Waals surface area contributed by atoms with Gasteiger partial charge in [0.2, 0.25) is 5.91 Å². The largest absolute Gasteiger partial charge is 0.393 e. The zero-order valence-electron chi connectivity index (χ0n) is 19.5. The fraction of sp³-hybridized carbons (Fsp3) is 0.462. The van der Waals surface area contributed by atoms with Crippen LogP contribution in [0.2, 0.25) is 0 Å². The Morgan fingerprint density at radius 1 is 1.06 bits per heavy atom. The highest BCUT2D eigenvalue weighted by molar-refractivity contribution is 7.15. The molecule has 0 unspecified atom stereocenters. The van der Waals surface area contributed by atoms with Crippen molar-refractivity contribution in [2.45, 2.75) is 57.5 Å². The summed E-state index contributed by atoms with van der Waals surface area (Å²) in [7, 11) is 0. The molecule has 8 heteroatoms. The third-order valence-electron chi connectivity index (χ3n) is 6.90. The van der Waals surface area contributed by atoms with Crippen LogP contribution in [0.1, 0.15) is 55.0 Å². The number of nitrogens with zero attached hydrogens (tertiary/aromatic N) is 4. The molecule has 1 saturated carbocycles. The number of nitrogens with one attached hydrogen (secondary N) is 1. The molecule has 5 rings (SSSR count). The number of pyridine rings is 2. The minimum atomic E-state index is -0.246. The van der Waals surface area contributed by atoms with Crippen LogP contribution in [0.25, 0.3) is 10.6 Å². The molecule has 0 spiro atoms. The molecule has 178 valence electrons. The molecule has 2 aliphatic rings. The van der Waals surface area contributed by atoms with Gasteiger partial charge in [0.1, 0.15) is 11.6 Å². The number of aliphatic hydroxyl groups excluding tert-OH is 1. The Labute approximate surface area is 204 Å². The highest BCUT2D eigenvalue weighted by Gasteiger charge is 2.32. The van der Waals surface area contributed by atoms with Gasteiger partial charge in [0, 0.05) is 37.3 Å². The molecule has 2 fully saturated rings. The van der Waals surface area contributed by atoms with Crippen LogP contribution in [0.15, 0.2) is 42.7 Å². The van der Waals surface area contributed by atoms with E-state index in [1.807, 2.05) is 48.4 Å². The molecular weight excluding hydrogens is 446 g/mol. The Hall–Kier alpha value is -2.84. The van der Waals surface area contributed by atoms with Crippen LogP contribution in [0.3, 0.4) is 0 Å². The molecular formula is C26H31N5O2S. The number of hydrogen-bond donors (Lipinski definition) is 2. The summed E-state index contributed by atoms with van der Waals surface area (Å²) >= 11 is 1.71. The number of likely N-dealkylation sites (tertiary alicyclic amines) is 1. The Morgan fingerprint density at radius 2 is 1.85 bits per heavy atom. The summed E-state index contributed by atoms with van der Waals surface area (Å²) in [4.78, 5) is 29.8. The zero-order chi connectivity index (χ0) is 23.5. The number of carbonyl (C=O) groups is 1. The van der Waals surface area contributed by atoms with E-state index in [-0.39, 0.29) is 17.9 Å². The summed E-state index contributed by atoms with van der Waals surface area (Å²) < 4.78 is 0. The van der Waals surface area contributed by atoms with Crippen molar-refractivity contribution < 1.29 is 9.90 Å². The number of rotatable bonds is 5. The van der Waals surface area contributed by atoms with E-state index >= 15 is 0 Å². The van der Waals surface area contributed by atoms with Crippen LogP contribution >= 0.6 is 11.3 Å². The Morgan fingerprint density at radius 3 is 2.62 bits per heavy atom. The van der Waals surface area contributed by atoms with Crippen molar-refractivity contribution >= 4 is 28.9 Å². The lowest BCUT2D eigenvalue weighted by molar-refractivity contribution is -0.138. The van der Waals surface area contributed by atoms with E-state index < -0.39 is 0 Å². The Kier molecular flexibility index (Phi) is 6.87. The van der Waals surface area contributed by atoms with Gasteiger partial charge in [0.25, 0.3) is 0 Å². The zero-order valence-corrected chi connectivity index (χ0v) is 20.3. The number of aryl methyl sites for hydroxylation is 1. The summed E-state index contributed by atoms with van der Waals surface area (Å²) in [5.41, 5.74) is 2.05. The number of piperidine rings is 1. The molecule has 0 radical (unpaired) electrons. The molecule has 3 aromatic heterocycles. The van der Waals surface area contributed by atoms with Crippen molar-refractivity contribution in [3.05, 3.63) is 53.3 Å². The second kappa shape index (κ2) is 10.2. The average Bonchev–Trinajstić information content (AvgIpc) is 3.35. The predicted octanol–water partition coefficient (Wildman–Crippen LogP) is 4.91. The molecule has 1 aliphatic heterocycles. The van der Waals surface area contributed by atoms with Crippen LogP contribution < -0.4 is 5.32 Å². The van der Waals surface area contributed by atoms with Crippen molar-refractivity contribution in [1.29, 1.82) is 0 Å². The lowest BCUT2D eigenvalue weighted by Crippen LogP contribution is -2.43. The molecule has 0 atom stereocenters. The Balaban J connectivity index is 1.20. The fourth-order valence-corrected chi connectivity index (χ4v) is 5.96. The molecule has 3 aromatic rings. The van der Waals surface area contributed by atoms with Gasteiger partial charge in [-0.05, 0) is 75.3 Å². The van der Waals surface area contributed by atoms with Crippen molar-refractivity contribution in [3.8, 4) is 10.6 Å². The molecule has 1 aliphatic carbocycles. The summed E-state index contributed by atoms with van der Waals surface area (Å²) in [6.07, 6.45) is 8.69. The van der Waals surface area contributed by atoms with Gasteiger partial charge in [-0.15, -0.1) is 11.3 Å². The number of aliphatic hydroxyl groups is 1. The lowest BCUT2D eigenvalue weighted by Gasteiger charge is -2.34. The fourth-order valence-electron chi connectivity index (χ4n) is 4.90. The van der Waals surface area contributed by atoms with Crippen molar-refractivity contribution in [2.75, 3.05) is 18.4 Å². The molecule has 1 amide bonds. The maximum absolute atomic E-state index is 12.9. The van der Waals surface area contributed by atoms with Gasteiger partial charge < -0.3 is 15.3 Å². The minimum absolute atomic E-state index is 0.116. The molecule has 4 heterocycles. The number of aromatic nitrogens is 3. The van der Waals surface area contributed by atoms with Crippen molar-refractivity contribution in [3.63, 3.8) is 0 Å². The molecule has 7 nitrogen and oxygen atoms in total. The van der Waals surface area contributed by atoms with E-state index in [0.717, 1.165) is 58.5 Å². The molecule has 2 N–H and O–H groups in total. The van der Waals surface area contributed by atoms with E-state index in [4.69, 9.17) is 9.97 Å². The molecule has 0 bridgehead atoms. The van der Waals surface area contributed by atoms with Crippen LogP contribution in [-0.2, 0) is 4.79 Å². The monoisotopic (exact) mass is 477 g/mol. The van der Waals surface area contributed by atoms with Crippen LogP contribution in [0.4, 0.5) is 11.6 Å². The Bertz CT molecular complexity index is 1130. The number of hydrogen-bond acceptors (Lipinski definition) is 7. The first-order chi connectivity index (χ1) is 16.5. The molecule has 1 saturated heterocycles. The number of anilines is 2. The second-order valence-corrected chi connectivity index (χ2v) is 10.5. The number of thiazole rings is 1. The van der Waals surface area contributed by atoms with Crippen molar-refractivity contribution in [2.24, 2.45) is 5.92 Å². The van der Waals surface area contributed by atoms with Crippen LogP contribution in [-0.4, -0.2) is 50.1 Å². The lowest BCUT2D eigenvalue weighted by atomic mass is 9.81. The highest BCUT2D eigenvalue weighted by Crippen LogP contribution is 2.40. The van der Waals surface area contributed by atoms with Gasteiger partial charge in [-0.3, -0.25) is 4.79 Å². The van der Waals surface area contributed by atoms with E-state index in [0.29, 0.717) is 31.8 Å². The third kappa shape index (κ3) is 5.28. The topological polar surface area (TPSA) is 91.2 Å². The quantitative estimate of drug-likeness (QED) is 0.543. The first-order valence-electron chi connectivity index (χ1n) is 12.1. The second-order valence-electron chi connectivity index (χ2n) is 9.42. The summed E-state index contributed by atoms with van der Waals surface area (Å²) in [5, 5.41) is 14.1. The average molecular weight is 478 g/mol. The first-order valence-corrected chi connectivity index (χ1v) is 13.0. The summed E-state index contributed by atoms with van der Waals surface area (Å²) in [6, 6.07) is 9.91. The minimum Gasteiger partial charge on any atom is -0.393 e. The number of amides is 1. The van der Waals surface area contributed by atoms with E-state index in [9.17, 15) is 9.90 Å².